The lowest BCUT2D eigenvalue weighted by atomic mass is 10.0. The van der Waals surface area contributed by atoms with Gasteiger partial charge in [-0.15, -0.1) is 0 Å². The van der Waals surface area contributed by atoms with Crippen LogP contribution in [0.5, 0.6) is 0 Å². The summed E-state index contributed by atoms with van der Waals surface area (Å²) < 4.78 is 2.14. The number of carbonyl (C=O) groups excluding carboxylic acids is 1. The standard InChI is InChI=1S/C19H24N4O/c24-19(21-15-8-9-18-20-10-13-23(18)14-15)16-6-2-3-7-17(16)22-11-4-1-5-12-22/h2-3,6-7,10,13,15H,1,4-5,8-9,11-12,14H2,(H,21,24). The van der Waals surface area contributed by atoms with Crippen LogP contribution in [0, 0.1) is 0 Å². The second-order valence-corrected chi connectivity index (χ2v) is 6.77. The van der Waals surface area contributed by atoms with E-state index in [-0.39, 0.29) is 11.9 Å². The van der Waals surface area contributed by atoms with Crippen molar-refractivity contribution < 1.29 is 4.79 Å². The third kappa shape index (κ3) is 3.03. The third-order valence-corrected chi connectivity index (χ3v) is 5.12. The zero-order valence-electron chi connectivity index (χ0n) is 13.9. The van der Waals surface area contributed by atoms with E-state index in [0.717, 1.165) is 49.6 Å². The van der Waals surface area contributed by atoms with Crippen molar-refractivity contribution in [2.24, 2.45) is 0 Å². The molecule has 2 aliphatic rings. The molecule has 0 bridgehead atoms. The van der Waals surface area contributed by atoms with Gasteiger partial charge in [-0.1, -0.05) is 12.1 Å². The molecule has 3 heterocycles. The van der Waals surface area contributed by atoms with E-state index in [1.807, 2.05) is 30.6 Å². The van der Waals surface area contributed by atoms with E-state index in [4.69, 9.17) is 0 Å². The van der Waals surface area contributed by atoms with Crippen LogP contribution in [0.3, 0.4) is 0 Å². The molecule has 1 unspecified atom stereocenters. The van der Waals surface area contributed by atoms with E-state index in [1.165, 1.54) is 19.3 Å². The van der Waals surface area contributed by atoms with Gasteiger partial charge in [0.1, 0.15) is 5.82 Å². The normalized spacial score (nSPS) is 20.5. The number of aryl methyl sites for hydroxylation is 1. The molecule has 0 radical (unpaired) electrons. The van der Waals surface area contributed by atoms with Gasteiger partial charge in [0.05, 0.1) is 5.56 Å². The highest BCUT2D eigenvalue weighted by Crippen LogP contribution is 2.24. The highest BCUT2D eigenvalue weighted by molar-refractivity contribution is 6.00. The molecule has 0 saturated carbocycles. The summed E-state index contributed by atoms with van der Waals surface area (Å²) in [7, 11) is 0. The maximum absolute atomic E-state index is 12.9. The van der Waals surface area contributed by atoms with Crippen LogP contribution in [0.1, 0.15) is 41.9 Å². The van der Waals surface area contributed by atoms with E-state index in [1.54, 1.807) is 0 Å². The minimum atomic E-state index is 0.0461. The van der Waals surface area contributed by atoms with Gasteiger partial charge >= 0.3 is 0 Å². The van der Waals surface area contributed by atoms with Crippen molar-refractivity contribution in [3.8, 4) is 0 Å². The van der Waals surface area contributed by atoms with Crippen molar-refractivity contribution in [3.63, 3.8) is 0 Å². The SMILES string of the molecule is O=C(NC1CCc2nccn2C1)c1ccccc1N1CCCCC1. The van der Waals surface area contributed by atoms with E-state index < -0.39 is 0 Å². The summed E-state index contributed by atoms with van der Waals surface area (Å²) >= 11 is 0. The van der Waals surface area contributed by atoms with Crippen LogP contribution >= 0.6 is 0 Å². The molecule has 0 spiro atoms. The number of carbonyl (C=O) groups is 1. The minimum Gasteiger partial charge on any atom is -0.371 e. The van der Waals surface area contributed by atoms with Crippen LogP contribution < -0.4 is 10.2 Å². The van der Waals surface area contributed by atoms with Crippen molar-refractivity contribution in [3.05, 3.63) is 48.0 Å². The van der Waals surface area contributed by atoms with Crippen LogP contribution in [-0.2, 0) is 13.0 Å². The number of benzene rings is 1. The predicted octanol–water partition coefficient (Wildman–Crippen LogP) is 2.62. The molecule has 2 aromatic rings. The average Bonchev–Trinajstić information content (AvgIpc) is 3.10. The molecule has 1 fully saturated rings. The summed E-state index contributed by atoms with van der Waals surface area (Å²) in [6.07, 6.45) is 9.42. The lowest BCUT2D eigenvalue weighted by Gasteiger charge is -2.31. The first kappa shape index (κ1) is 15.2. The van der Waals surface area contributed by atoms with Gasteiger partial charge in [0, 0.05) is 50.2 Å². The van der Waals surface area contributed by atoms with Gasteiger partial charge in [-0.3, -0.25) is 4.79 Å². The Bertz CT molecular complexity index is 718. The third-order valence-electron chi connectivity index (χ3n) is 5.12. The Hall–Kier alpha value is -2.30. The molecule has 5 heteroatoms. The van der Waals surface area contributed by atoms with E-state index in [9.17, 15) is 4.79 Å². The lowest BCUT2D eigenvalue weighted by molar-refractivity contribution is 0.0928. The number of nitrogens with one attached hydrogen (secondary N) is 1. The molecule has 2 aliphatic heterocycles. The quantitative estimate of drug-likeness (QED) is 0.944. The molecule has 24 heavy (non-hydrogen) atoms. The van der Waals surface area contributed by atoms with Crippen molar-refractivity contribution in [2.75, 3.05) is 18.0 Å². The Balaban J connectivity index is 1.49. The molecule has 1 N–H and O–H groups in total. The number of aromatic nitrogens is 2. The number of piperidine rings is 1. The molecule has 1 aromatic heterocycles. The summed E-state index contributed by atoms with van der Waals surface area (Å²) in [5, 5.41) is 3.23. The summed E-state index contributed by atoms with van der Waals surface area (Å²) in [4.78, 5) is 19.6. The maximum atomic E-state index is 12.9. The van der Waals surface area contributed by atoms with Gasteiger partial charge in [0.2, 0.25) is 0 Å². The van der Waals surface area contributed by atoms with Crippen LogP contribution in [0.25, 0.3) is 0 Å². The number of hydrogen-bond acceptors (Lipinski definition) is 3. The first-order valence-electron chi connectivity index (χ1n) is 8.96. The summed E-state index contributed by atoms with van der Waals surface area (Å²) in [6, 6.07) is 8.18. The van der Waals surface area contributed by atoms with E-state index >= 15 is 0 Å². The number of fused-ring (bicyclic) bond motifs is 1. The van der Waals surface area contributed by atoms with E-state index in [0.29, 0.717) is 0 Å². The molecule has 1 aromatic carbocycles. The van der Waals surface area contributed by atoms with Crippen LogP contribution in [-0.4, -0.2) is 34.6 Å². The monoisotopic (exact) mass is 324 g/mol. The fraction of sp³-hybridized carbons (Fsp3) is 0.474. The molecule has 1 atom stereocenters. The fourth-order valence-electron chi connectivity index (χ4n) is 3.82. The van der Waals surface area contributed by atoms with Gasteiger partial charge in [0.25, 0.3) is 5.91 Å². The number of para-hydroxylation sites is 1. The number of imidazole rings is 1. The summed E-state index contributed by atoms with van der Waals surface area (Å²) in [5.74, 6) is 1.17. The number of anilines is 1. The molecule has 0 aliphatic carbocycles. The van der Waals surface area contributed by atoms with Gasteiger partial charge in [-0.05, 0) is 37.8 Å². The van der Waals surface area contributed by atoms with Gasteiger partial charge < -0.3 is 14.8 Å². The second kappa shape index (κ2) is 6.67. The fourth-order valence-corrected chi connectivity index (χ4v) is 3.82. The average molecular weight is 324 g/mol. The molecule has 1 amide bonds. The Morgan fingerprint density at radius 1 is 1.17 bits per heavy atom. The minimum absolute atomic E-state index is 0.0461. The smallest absolute Gasteiger partial charge is 0.253 e. The topological polar surface area (TPSA) is 50.2 Å². The van der Waals surface area contributed by atoms with Crippen LogP contribution in [0.15, 0.2) is 36.7 Å². The summed E-state index contributed by atoms with van der Waals surface area (Å²) in [6.45, 7) is 2.91. The molecular formula is C19H24N4O. The molecule has 4 rings (SSSR count). The first-order valence-corrected chi connectivity index (χ1v) is 8.96. The van der Waals surface area contributed by atoms with Gasteiger partial charge in [0.15, 0.2) is 0 Å². The Kier molecular flexibility index (Phi) is 4.24. The largest absolute Gasteiger partial charge is 0.371 e. The molecular weight excluding hydrogens is 300 g/mol. The number of rotatable bonds is 3. The van der Waals surface area contributed by atoms with E-state index in [2.05, 4.69) is 25.8 Å². The molecule has 5 nitrogen and oxygen atoms in total. The summed E-state index contributed by atoms with van der Waals surface area (Å²) in [5.41, 5.74) is 1.88. The van der Waals surface area contributed by atoms with Crippen molar-refractivity contribution in [1.29, 1.82) is 0 Å². The first-order chi connectivity index (χ1) is 11.8. The number of amides is 1. The number of nitrogens with zero attached hydrogens (tertiary/aromatic N) is 3. The van der Waals surface area contributed by atoms with Crippen LogP contribution in [0.2, 0.25) is 0 Å². The Labute approximate surface area is 142 Å². The van der Waals surface area contributed by atoms with Gasteiger partial charge in [-0.25, -0.2) is 4.98 Å². The zero-order chi connectivity index (χ0) is 16.4. The van der Waals surface area contributed by atoms with Gasteiger partial charge in [-0.2, -0.15) is 0 Å². The van der Waals surface area contributed by atoms with Crippen molar-refractivity contribution in [2.45, 2.75) is 44.7 Å². The molecule has 1 saturated heterocycles. The number of hydrogen-bond donors (Lipinski definition) is 1. The van der Waals surface area contributed by atoms with Crippen molar-refractivity contribution >= 4 is 11.6 Å². The van der Waals surface area contributed by atoms with Crippen LogP contribution in [0.4, 0.5) is 5.69 Å². The highest BCUT2D eigenvalue weighted by Gasteiger charge is 2.23. The zero-order valence-corrected chi connectivity index (χ0v) is 13.9. The Morgan fingerprint density at radius 3 is 2.88 bits per heavy atom. The Morgan fingerprint density at radius 2 is 2.00 bits per heavy atom. The maximum Gasteiger partial charge on any atom is 0.253 e. The lowest BCUT2D eigenvalue weighted by Crippen LogP contribution is -2.41. The van der Waals surface area contributed by atoms with Crippen molar-refractivity contribution in [1.82, 2.24) is 14.9 Å². The highest BCUT2D eigenvalue weighted by atomic mass is 16.1. The predicted molar refractivity (Wildman–Crippen MR) is 94.3 cm³/mol. The molecule has 126 valence electrons. The second-order valence-electron chi connectivity index (χ2n) is 6.77.